The standard InChI is InChI=1S/C11H21N3O4/c1-5-12-11(17)13-10(16)8(3)14(6-2)7-9(15)18-4/h8H,5-7H2,1-4H3,(H2,12,13,16,17). The summed E-state index contributed by atoms with van der Waals surface area (Å²) >= 11 is 0. The Morgan fingerprint density at radius 2 is 1.89 bits per heavy atom. The van der Waals surface area contributed by atoms with Gasteiger partial charge in [-0.15, -0.1) is 0 Å². The number of methoxy groups -OCH3 is 1. The highest BCUT2D eigenvalue weighted by atomic mass is 16.5. The number of amides is 3. The molecule has 0 saturated heterocycles. The van der Waals surface area contributed by atoms with Crippen molar-refractivity contribution in [2.75, 3.05) is 26.7 Å². The van der Waals surface area contributed by atoms with E-state index in [4.69, 9.17) is 0 Å². The molecule has 1 unspecified atom stereocenters. The lowest BCUT2D eigenvalue weighted by Gasteiger charge is -2.25. The maximum Gasteiger partial charge on any atom is 0.321 e. The van der Waals surface area contributed by atoms with Crippen LogP contribution in [0.5, 0.6) is 0 Å². The van der Waals surface area contributed by atoms with E-state index in [1.54, 1.807) is 18.7 Å². The zero-order valence-electron chi connectivity index (χ0n) is 11.3. The number of rotatable bonds is 6. The van der Waals surface area contributed by atoms with Gasteiger partial charge < -0.3 is 10.1 Å². The molecule has 0 spiro atoms. The maximum absolute atomic E-state index is 11.7. The zero-order valence-corrected chi connectivity index (χ0v) is 11.3. The summed E-state index contributed by atoms with van der Waals surface area (Å²) < 4.78 is 4.54. The minimum Gasteiger partial charge on any atom is -0.468 e. The summed E-state index contributed by atoms with van der Waals surface area (Å²) in [5.74, 6) is -0.874. The van der Waals surface area contributed by atoms with E-state index in [0.29, 0.717) is 13.1 Å². The average Bonchev–Trinajstić information content (AvgIpc) is 2.34. The number of esters is 1. The van der Waals surface area contributed by atoms with Crippen LogP contribution < -0.4 is 10.6 Å². The predicted molar refractivity (Wildman–Crippen MR) is 65.9 cm³/mol. The Balaban J connectivity index is 4.39. The molecule has 0 aromatic carbocycles. The van der Waals surface area contributed by atoms with Crippen LogP contribution in [0.2, 0.25) is 0 Å². The summed E-state index contributed by atoms with van der Waals surface area (Å²) in [5, 5.41) is 4.66. The second-order valence-corrected chi connectivity index (χ2v) is 3.66. The van der Waals surface area contributed by atoms with Crippen LogP contribution in [0.25, 0.3) is 0 Å². The molecular formula is C11H21N3O4. The van der Waals surface area contributed by atoms with Crippen LogP contribution in [0.4, 0.5) is 4.79 Å². The Morgan fingerprint density at radius 1 is 1.28 bits per heavy atom. The van der Waals surface area contributed by atoms with Gasteiger partial charge in [0.25, 0.3) is 0 Å². The van der Waals surface area contributed by atoms with E-state index in [0.717, 1.165) is 0 Å². The molecule has 0 saturated carbocycles. The number of imide groups is 1. The van der Waals surface area contributed by atoms with Gasteiger partial charge in [-0.05, 0) is 20.4 Å². The molecule has 0 aromatic rings. The van der Waals surface area contributed by atoms with Gasteiger partial charge in [0.05, 0.1) is 19.7 Å². The van der Waals surface area contributed by atoms with E-state index >= 15 is 0 Å². The quantitative estimate of drug-likeness (QED) is 0.640. The first kappa shape index (κ1) is 16.4. The largest absolute Gasteiger partial charge is 0.468 e. The second kappa shape index (κ2) is 8.46. The number of carbonyl (C=O) groups is 3. The fraction of sp³-hybridized carbons (Fsp3) is 0.727. The smallest absolute Gasteiger partial charge is 0.321 e. The number of urea groups is 1. The Morgan fingerprint density at radius 3 is 2.33 bits per heavy atom. The first-order valence-electron chi connectivity index (χ1n) is 5.85. The van der Waals surface area contributed by atoms with Crippen LogP contribution in [-0.2, 0) is 14.3 Å². The van der Waals surface area contributed by atoms with Gasteiger partial charge in [0.15, 0.2) is 0 Å². The minimum absolute atomic E-state index is 0.0109. The minimum atomic E-state index is -0.586. The van der Waals surface area contributed by atoms with Gasteiger partial charge in [0, 0.05) is 6.54 Å². The molecule has 7 nitrogen and oxygen atoms in total. The van der Waals surface area contributed by atoms with E-state index in [9.17, 15) is 14.4 Å². The first-order chi connectivity index (χ1) is 8.46. The van der Waals surface area contributed by atoms with Crippen molar-refractivity contribution < 1.29 is 19.1 Å². The summed E-state index contributed by atoms with van der Waals surface area (Å²) in [6.45, 7) is 6.14. The van der Waals surface area contributed by atoms with Gasteiger partial charge in [-0.3, -0.25) is 19.8 Å². The Labute approximate surface area is 107 Å². The molecule has 0 radical (unpaired) electrons. The third kappa shape index (κ3) is 5.62. The molecule has 0 rings (SSSR count). The van der Waals surface area contributed by atoms with Crippen molar-refractivity contribution in [1.29, 1.82) is 0 Å². The van der Waals surface area contributed by atoms with E-state index < -0.39 is 23.9 Å². The van der Waals surface area contributed by atoms with E-state index in [-0.39, 0.29) is 6.54 Å². The van der Waals surface area contributed by atoms with Crippen LogP contribution in [0, 0.1) is 0 Å². The number of carbonyl (C=O) groups excluding carboxylic acids is 3. The Hall–Kier alpha value is -1.63. The maximum atomic E-state index is 11.7. The molecule has 0 aromatic heterocycles. The van der Waals surface area contributed by atoms with Gasteiger partial charge in [0.2, 0.25) is 5.91 Å². The molecule has 104 valence electrons. The third-order valence-corrected chi connectivity index (χ3v) is 2.47. The van der Waals surface area contributed by atoms with Crippen molar-refractivity contribution in [1.82, 2.24) is 15.5 Å². The molecule has 0 aliphatic heterocycles. The average molecular weight is 259 g/mol. The Kier molecular flexibility index (Phi) is 7.69. The Bertz CT molecular complexity index is 307. The molecule has 0 heterocycles. The summed E-state index contributed by atoms with van der Waals surface area (Å²) in [5.41, 5.74) is 0. The van der Waals surface area contributed by atoms with Crippen molar-refractivity contribution in [3.8, 4) is 0 Å². The van der Waals surface area contributed by atoms with Gasteiger partial charge >= 0.3 is 12.0 Å². The number of ether oxygens (including phenoxy) is 1. The summed E-state index contributed by atoms with van der Waals surface area (Å²) in [6, 6.07) is -1.12. The molecule has 0 bridgehead atoms. The van der Waals surface area contributed by atoms with Crippen molar-refractivity contribution >= 4 is 17.9 Å². The predicted octanol–water partition coefficient (Wildman–Crippen LogP) is -0.284. The SMILES string of the molecule is CCNC(=O)NC(=O)C(C)N(CC)CC(=O)OC. The van der Waals surface area contributed by atoms with E-state index in [1.807, 2.05) is 6.92 Å². The molecule has 0 aliphatic carbocycles. The number of nitrogens with zero attached hydrogens (tertiary/aromatic N) is 1. The highest BCUT2D eigenvalue weighted by molar-refractivity contribution is 5.96. The van der Waals surface area contributed by atoms with Crippen LogP contribution in [0.15, 0.2) is 0 Å². The van der Waals surface area contributed by atoms with Gasteiger partial charge in [0.1, 0.15) is 0 Å². The summed E-state index contributed by atoms with van der Waals surface area (Å²) in [6.07, 6.45) is 0. The van der Waals surface area contributed by atoms with Crippen molar-refractivity contribution in [2.45, 2.75) is 26.8 Å². The fourth-order valence-electron chi connectivity index (χ4n) is 1.34. The summed E-state index contributed by atoms with van der Waals surface area (Å²) in [7, 11) is 1.29. The molecule has 3 amide bonds. The second-order valence-electron chi connectivity index (χ2n) is 3.66. The number of hydrogen-bond donors (Lipinski definition) is 2. The van der Waals surface area contributed by atoms with Crippen LogP contribution in [0.1, 0.15) is 20.8 Å². The number of nitrogens with one attached hydrogen (secondary N) is 2. The van der Waals surface area contributed by atoms with Crippen molar-refractivity contribution in [2.24, 2.45) is 0 Å². The van der Waals surface area contributed by atoms with Crippen LogP contribution in [-0.4, -0.2) is 55.6 Å². The van der Waals surface area contributed by atoms with Crippen molar-refractivity contribution in [3.05, 3.63) is 0 Å². The molecule has 0 aliphatic rings. The zero-order chi connectivity index (χ0) is 14.1. The van der Waals surface area contributed by atoms with Gasteiger partial charge in [-0.1, -0.05) is 6.92 Å². The highest BCUT2D eigenvalue weighted by Crippen LogP contribution is 1.99. The molecular weight excluding hydrogens is 238 g/mol. The third-order valence-electron chi connectivity index (χ3n) is 2.47. The molecule has 7 heteroatoms. The summed E-state index contributed by atoms with van der Waals surface area (Å²) in [4.78, 5) is 35.7. The number of hydrogen-bond acceptors (Lipinski definition) is 5. The molecule has 0 fully saturated rings. The fourth-order valence-corrected chi connectivity index (χ4v) is 1.34. The lowest BCUT2D eigenvalue weighted by atomic mass is 10.2. The monoisotopic (exact) mass is 259 g/mol. The molecule has 2 N–H and O–H groups in total. The topological polar surface area (TPSA) is 87.7 Å². The van der Waals surface area contributed by atoms with Crippen LogP contribution in [0.3, 0.4) is 0 Å². The first-order valence-corrected chi connectivity index (χ1v) is 5.85. The van der Waals surface area contributed by atoms with E-state index in [1.165, 1.54) is 7.11 Å². The lowest BCUT2D eigenvalue weighted by Crippen LogP contribution is -2.50. The van der Waals surface area contributed by atoms with Crippen LogP contribution >= 0.6 is 0 Å². The molecule has 1 atom stereocenters. The lowest BCUT2D eigenvalue weighted by molar-refractivity contribution is -0.143. The van der Waals surface area contributed by atoms with Gasteiger partial charge in [-0.2, -0.15) is 0 Å². The number of likely N-dealkylation sites (N-methyl/N-ethyl adjacent to an activating group) is 1. The van der Waals surface area contributed by atoms with Gasteiger partial charge in [-0.25, -0.2) is 4.79 Å². The highest BCUT2D eigenvalue weighted by Gasteiger charge is 2.23. The van der Waals surface area contributed by atoms with Crippen molar-refractivity contribution in [3.63, 3.8) is 0 Å². The molecule has 18 heavy (non-hydrogen) atoms. The normalized spacial score (nSPS) is 11.8. The van der Waals surface area contributed by atoms with E-state index in [2.05, 4.69) is 15.4 Å².